The Balaban J connectivity index is 0.791. The summed E-state index contributed by atoms with van der Waals surface area (Å²) in [7, 11) is -2.83. The van der Waals surface area contributed by atoms with E-state index in [0.717, 1.165) is 88.9 Å². The minimum Gasteiger partial charge on any atom is -0.497 e. The Hall–Kier alpha value is -6.73. The monoisotopic (exact) mass is 1040 g/mol. The van der Waals surface area contributed by atoms with Crippen molar-refractivity contribution in [3.05, 3.63) is 120 Å². The summed E-state index contributed by atoms with van der Waals surface area (Å²) >= 11 is 0. The number of anilines is 3. The smallest absolute Gasteiger partial charge is 0.270 e. The number of carbonyl (C=O) groups is 1. The predicted octanol–water partition coefficient (Wildman–Crippen LogP) is 9.12. The molecule has 4 aliphatic rings. The number of imidazole rings is 1. The van der Waals surface area contributed by atoms with Gasteiger partial charge in [0.2, 0.25) is 0 Å². The van der Waals surface area contributed by atoms with E-state index in [1.165, 1.54) is 35.3 Å². The van der Waals surface area contributed by atoms with Crippen LogP contribution in [0.25, 0.3) is 22.1 Å². The number of fused-ring (bicyclic) bond motifs is 2. The molecule has 7 aromatic rings. The van der Waals surface area contributed by atoms with Gasteiger partial charge < -0.3 is 40.5 Å². The van der Waals surface area contributed by atoms with Gasteiger partial charge in [0.1, 0.15) is 44.7 Å². The van der Waals surface area contributed by atoms with Crippen molar-refractivity contribution in [2.75, 3.05) is 62.3 Å². The molecule has 11 rings (SSSR count). The van der Waals surface area contributed by atoms with Crippen LogP contribution in [0.3, 0.4) is 0 Å². The second kappa shape index (κ2) is 20.4. The second-order valence-electron chi connectivity index (χ2n) is 22.1. The summed E-state index contributed by atoms with van der Waals surface area (Å²) in [6.45, 7) is 12.5. The molecule has 3 aromatic carbocycles. The Morgan fingerprint density at radius 1 is 0.920 bits per heavy atom. The van der Waals surface area contributed by atoms with E-state index in [4.69, 9.17) is 20.2 Å². The Kier molecular flexibility index (Phi) is 13.7. The molecule has 7 N–H and O–H groups in total. The van der Waals surface area contributed by atoms with Gasteiger partial charge in [0.05, 0.1) is 42.1 Å². The van der Waals surface area contributed by atoms with Crippen molar-refractivity contribution >= 4 is 55.2 Å². The molecule has 2 saturated carbocycles. The van der Waals surface area contributed by atoms with Crippen LogP contribution in [0.2, 0.25) is 0 Å². The highest BCUT2D eigenvalue weighted by molar-refractivity contribution is 7.90. The molecule has 2 saturated heterocycles. The third kappa shape index (κ3) is 10.5. The minimum atomic E-state index is -4.54. The minimum absolute atomic E-state index is 0.0690. The maximum Gasteiger partial charge on any atom is 0.270 e. The van der Waals surface area contributed by atoms with E-state index in [2.05, 4.69) is 107 Å². The van der Waals surface area contributed by atoms with Crippen LogP contribution in [-0.2, 0) is 16.6 Å². The lowest BCUT2D eigenvalue weighted by Crippen LogP contribution is -2.60. The van der Waals surface area contributed by atoms with Gasteiger partial charge in [0.15, 0.2) is 0 Å². The molecule has 17 nitrogen and oxygen atoms in total. The topological polar surface area (TPSA) is 220 Å². The van der Waals surface area contributed by atoms with E-state index in [1.807, 2.05) is 19.1 Å². The molecule has 1 spiro atoms. The van der Waals surface area contributed by atoms with Crippen molar-refractivity contribution in [3.8, 4) is 17.2 Å². The first kappa shape index (κ1) is 50.4. The summed E-state index contributed by atoms with van der Waals surface area (Å²) < 4.78 is 42.6. The molecule has 6 heterocycles. The fourth-order valence-electron chi connectivity index (χ4n) is 12.3. The fraction of sp³-hybridized carbons (Fsp3) is 0.439. The van der Waals surface area contributed by atoms with Crippen LogP contribution in [0.15, 0.2) is 103 Å². The number of piperazine rings is 1. The average molecular weight is 1040 g/mol. The highest BCUT2D eigenvalue weighted by Crippen LogP contribution is 2.53. The summed E-state index contributed by atoms with van der Waals surface area (Å²) in [5.74, 6) is 1.83. The number of hydrogen-bond acceptors (Lipinski definition) is 14. The zero-order valence-electron chi connectivity index (χ0n) is 43.3. The number of aliphatic hydroxyl groups is 1. The van der Waals surface area contributed by atoms with Crippen LogP contribution in [0, 0.1) is 11.3 Å². The van der Waals surface area contributed by atoms with Crippen molar-refractivity contribution in [2.24, 2.45) is 11.3 Å². The number of rotatable bonds is 15. The summed E-state index contributed by atoms with van der Waals surface area (Å²) in [4.78, 5) is 41.5. The molecule has 0 radical (unpaired) electrons. The molecule has 1 unspecified atom stereocenters. The SMILES string of the molecule is COc1ccc(CN2CCN(C3CC4(CCN(c5cc(Oc6cnc7[nH]ccc7c6)c(C(=O)NS(=O)(=O)c6cc(N)c(NCC7CCC(C)(O)CC7)c7[nH]cnc67)cn5)CC4)C3)C(c3ccccc3C(C)C)C2)cc1. The number of H-pyrrole nitrogens is 2. The van der Waals surface area contributed by atoms with Crippen LogP contribution in [0.1, 0.15) is 111 Å². The number of aromatic nitrogens is 5. The van der Waals surface area contributed by atoms with Crippen molar-refractivity contribution in [1.82, 2.24) is 39.4 Å². The number of aromatic amines is 2. The third-order valence-electron chi connectivity index (χ3n) is 16.7. The number of nitrogens with zero attached hydrogens (tertiary/aromatic N) is 6. The van der Waals surface area contributed by atoms with Gasteiger partial charge in [0, 0.05) is 81.7 Å². The molecule has 75 heavy (non-hydrogen) atoms. The van der Waals surface area contributed by atoms with Crippen LogP contribution >= 0.6 is 0 Å². The van der Waals surface area contributed by atoms with Crippen molar-refractivity contribution in [3.63, 3.8) is 0 Å². The summed E-state index contributed by atoms with van der Waals surface area (Å²) in [6.07, 6.45) is 13.5. The zero-order valence-corrected chi connectivity index (χ0v) is 44.1. The highest BCUT2D eigenvalue weighted by atomic mass is 32.2. The number of sulfonamides is 1. The number of benzene rings is 3. The quantitative estimate of drug-likeness (QED) is 0.0528. The third-order valence-corrected chi connectivity index (χ3v) is 18.0. The average Bonchev–Trinajstić information content (AvgIpc) is 4.09. The number of amides is 1. The maximum absolute atomic E-state index is 14.3. The number of carbonyl (C=O) groups excluding carboxylic acids is 1. The second-order valence-corrected chi connectivity index (χ2v) is 23.8. The van der Waals surface area contributed by atoms with E-state index in [1.54, 1.807) is 25.6 Å². The van der Waals surface area contributed by atoms with Gasteiger partial charge in [-0.1, -0.05) is 50.2 Å². The number of nitrogens with two attached hydrogens (primary N) is 1. The molecular formula is C57H69N11O6S. The summed E-state index contributed by atoms with van der Waals surface area (Å²) in [6, 6.07) is 25.0. The van der Waals surface area contributed by atoms with Gasteiger partial charge in [-0.05, 0) is 123 Å². The predicted molar refractivity (Wildman–Crippen MR) is 292 cm³/mol. The van der Waals surface area contributed by atoms with Crippen molar-refractivity contribution < 1.29 is 27.8 Å². The summed E-state index contributed by atoms with van der Waals surface area (Å²) in [5.41, 5.74) is 12.1. The van der Waals surface area contributed by atoms with Crippen LogP contribution in [0.4, 0.5) is 17.2 Å². The Labute approximate surface area is 438 Å². The number of ether oxygens (including phenoxy) is 2. The Morgan fingerprint density at radius 2 is 1.69 bits per heavy atom. The molecule has 394 valence electrons. The first-order valence-corrected chi connectivity index (χ1v) is 28.0. The normalized spacial score (nSPS) is 21.7. The lowest BCUT2D eigenvalue weighted by Gasteiger charge is -2.58. The lowest BCUT2D eigenvalue weighted by molar-refractivity contribution is -0.0628. The number of nitrogen functional groups attached to an aromatic ring is 1. The first-order valence-electron chi connectivity index (χ1n) is 26.5. The fourth-order valence-corrected chi connectivity index (χ4v) is 13.4. The molecule has 4 fully saturated rings. The van der Waals surface area contributed by atoms with E-state index < -0.39 is 21.5 Å². The van der Waals surface area contributed by atoms with E-state index >= 15 is 0 Å². The van der Waals surface area contributed by atoms with E-state index in [0.29, 0.717) is 71.7 Å². The molecule has 18 heteroatoms. The van der Waals surface area contributed by atoms with Gasteiger partial charge in [-0.15, -0.1) is 0 Å². The zero-order chi connectivity index (χ0) is 52.1. The van der Waals surface area contributed by atoms with Crippen molar-refractivity contribution in [1.29, 1.82) is 0 Å². The van der Waals surface area contributed by atoms with Crippen molar-refractivity contribution in [2.45, 2.75) is 107 Å². The number of pyridine rings is 2. The van der Waals surface area contributed by atoms with Gasteiger partial charge in [-0.2, -0.15) is 0 Å². The van der Waals surface area contributed by atoms with Gasteiger partial charge >= 0.3 is 0 Å². The maximum atomic E-state index is 14.3. The van der Waals surface area contributed by atoms with Gasteiger partial charge in [-0.25, -0.2) is 28.1 Å². The molecule has 4 aromatic heterocycles. The molecule has 1 amide bonds. The molecule has 0 bridgehead atoms. The van der Waals surface area contributed by atoms with E-state index in [9.17, 15) is 18.3 Å². The number of piperidine rings is 1. The highest BCUT2D eigenvalue weighted by Gasteiger charge is 2.50. The number of methoxy groups -OCH3 is 1. The molecule has 1 atom stereocenters. The molecule has 2 aliphatic heterocycles. The Bertz CT molecular complexity index is 3290. The Morgan fingerprint density at radius 3 is 2.45 bits per heavy atom. The first-order chi connectivity index (χ1) is 36.1. The van der Waals surface area contributed by atoms with Gasteiger partial charge in [-0.3, -0.25) is 14.6 Å². The number of hydrogen-bond donors (Lipinski definition) is 6. The molecular weight excluding hydrogens is 967 g/mol. The van der Waals surface area contributed by atoms with E-state index in [-0.39, 0.29) is 32.8 Å². The largest absolute Gasteiger partial charge is 0.497 e. The van der Waals surface area contributed by atoms with Gasteiger partial charge in [0.25, 0.3) is 15.9 Å². The standard InChI is InChI=1S/C57H69N11O6S/c1-36(2)43-7-5-6-8-44(43)47-34-66(33-38-9-11-41(73-4)12-10-38)23-24-68(47)40-28-57(29-40)18-21-67(22-19-57)50-27-48(74-42-25-39-15-20-59-54(39)62-31-42)45(32-60-50)55(69)65-75(71,72)49-26-46(58)51(53-52(49)63-35-64-53)61-30-37-13-16-56(3,70)17-14-37/h5-12,15,20,25-27,31-32,35-37,40,47,61,70H,13-14,16-19,21-24,28-30,33-34,58H2,1-4H3,(H,59,62)(H,63,64)(H,65,69). The van der Waals surface area contributed by atoms with Crippen LogP contribution in [-0.4, -0.2) is 112 Å². The summed E-state index contributed by atoms with van der Waals surface area (Å²) in [5, 5.41) is 14.7. The van der Waals surface area contributed by atoms with Crippen LogP contribution < -0.4 is 30.1 Å². The van der Waals surface area contributed by atoms with Crippen LogP contribution in [0.5, 0.6) is 17.2 Å². The number of nitrogens with one attached hydrogen (secondary N) is 4. The lowest BCUT2D eigenvalue weighted by atomic mass is 9.59. The molecule has 2 aliphatic carbocycles.